The summed E-state index contributed by atoms with van der Waals surface area (Å²) in [5.41, 5.74) is 2.61. The molecule has 0 bridgehead atoms. The molecule has 19 heavy (non-hydrogen) atoms. The predicted molar refractivity (Wildman–Crippen MR) is 83.8 cm³/mol. The zero-order valence-electron chi connectivity index (χ0n) is 12.2. The van der Waals surface area contributed by atoms with Gasteiger partial charge in [0.15, 0.2) is 0 Å². The molecule has 0 aromatic heterocycles. The van der Waals surface area contributed by atoms with Gasteiger partial charge in [0, 0.05) is 11.1 Å². The van der Waals surface area contributed by atoms with Crippen LogP contribution in [0.3, 0.4) is 0 Å². The van der Waals surface area contributed by atoms with Crippen molar-refractivity contribution in [1.82, 2.24) is 5.32 Å². The van der Waals surface area contributed by atoms with Gasteiger partial charge in [-0.05, 0) is 55.8 Å². The van der Waals surface area contributed by atoms with Gasteiger partial charge in [0.1, 0.15) is 0 Å². The number of hydrogen-bond acceptors (Lipinski definition) is 1. The summed E-state index contributed by atoms with van der Waals surface area (Å²) in [4.78, 5) is 0. The van der Waals surface area contributed by atoms with Crippen molar-refractivity contribution in [3.05, 3.63) is 34.3 Å². The fraction of sp³-hybridized carbons (Fsp3) is 0.647. The molecule has 0 spiro atoms. The minimum atomic E-state index is 0.510. The summed E-state index contributed by atoms with van der Waals surface area (Å²) in [5.74, 6) is 0.792. The van der Waals surface area contributed by atoms with Gasteiger partial charge in [0.05, 0.1) is 0 Å². The maximum atomic E-state index is 6.16. The van der Waals surface area contributed by atoms with Crippen LogP contribution in [0.15, 0.2) is 18.2 Å². The number of nitrogens with one attached hydrogen (secondary N) is 1. The van der Waals surface area contributed by atoms with Gasteiger partial charge < -0.3 is 5.32 Å². The summed E-state index contributed by atoms with van der Waals surface area (Å²) < 4.78 is 0. The van der Waals surface area contributed by atoms with Gasteiger partial charge in [0.2, 0.25) is 0 Å². The Balaban J connectivity index is 2.17. The second-order valence-corrected chi connectivity index (χ2v) is 6.25. The van der Waals surface area contributed by atoms with Crippen LogP contribution in [-0.4, -0.2) is 6.54 Å². The van der Waals surface area contributed by atoms with E-state index < -0.39 is 0 Å². The molecule has 106 valence electrons. The minimum Gasteiger partial charge on any atom is -0.310 e. The lowest BCUT2D eigenvalue weighted by Gasteiger charge is -2.31. The number of rotatable bonds is 5. The van der Waals surface area contributed by atoms with E-state index in [4.69, 9.17) is 11.6 Å². The Kier molecular flexibility index (Phi) is 5.72. The summed E-state index contributed by atoms with van der Waals surface area (Å²) in [7, 11) is 0. The molecule has 1 nitrogen and oxygen atoms in total. The van der Waals surface area contributed by atoms with Crippen LogP contribution in [0.25, 0.3) is 0 Å². The molecule has 0 aliphatic heterocycles. The average molecular weight is 280 g/mol. The first-order chi connectivity index (χ1) is 9.22. The van der Waals surface area contributed by atoms with Gasteiger partial charge in [-0.1, -0.05) is 49.9 Å². The first-order valence-corrected chi connectivity index (χ1v) is 8.09. The van der Waals surface area contributed by atoms with E-state index in [1.165, 1.54) is 49.7 Å². The molecular weight excluding hydrogens is 254 g/mol. The highest BCUT2D eigenvalue weighted by Gasteiger charge is 2.24. The van der Waals surface area contributed by atoms with Crippen LogP contribution in [0, 0.1) is 12.8 Å². The van der Waals surface area contributed by atoms with Crippen LogP contribution in [0.5, 0.6) is 0 Å². The van der Waals surface area contributed by atoms with E-state index in [-0.39, 0.29) is 0 Å². The van der Waals surface area contributed by atoms with E-state index in [1.807, 2.05) is 0 Å². The topological polar surface area (TPSA) is 12.0 Å². The third-order valence-electron chi connectivity index (χ3n) is 4.28. The fourth-order valence-corrected chi connectivity index (χ4v) is 3.30. The molecule has 0 amide bonds. The molecule has 1 unspecified atom stereocenters. The van der Waals surface area contributed by atoms with Gasteiger partial charge in [-0.25, -0.2) is 0 Å². The number of hydrogen-bond donors (Lipinski definition) is 1. The maximum absolute atomic E-state index is 6.16. The van der Waals surface area contributed by atoms with Crippen molar-refractivity contribution in [3.8, 4) is 0 Å². The summed E-state index contributed by atoms with van der Waals surface area (Å²) in [6, 6.07) is 7.04. The third kappa shape index (κ3) is 3.97. The molecule has 1 aromatic carbocycles. The van der Waals surface area contributed by atoms with Gasteiger partial charge in [-0.2, -0.15) is 0 Å². The van der Waals surface area contributed by atoms with E-state index in [0.717, 1.165) is 17.5 Å². The van der Waals surface area contributed by atoms with Crippen LogP contribution in [0.4, 0.5) is 0 Å². The molecule has 1 N–H and O–H groups in total. The van der Waals surface area contributed by atoms with Crippen LogP contribution in [0.1, 0.15) is 62.6 Å². The van der Waals surface area contributed by atoms with Crippen LogP contribution in [0.2, 0.25) is 5.02 Å². The second-order valence-electron chi connectivity index (χ2n) is 5.84. The first kappa shape index (κ1) is 14.9. The Morgan fingerprint density at radius 3 is 2.63 bits per heavy atom. The highest BCUT2D eigenvalue weighted by atomic mass is 35.5. The normalized spacial score (nSPS) is 18.5. The monoisotopic (exact) mass is 279 g/mol. The lowest BCUT2D eigenvalue weighted by molar-refractivity contribution is 0.272. The molecule has 0 heterocycles. The molecule has 1 aromatic rings. The average Bonchev–Trinajstić information content (AvgIpc) is 2.44. The smallest absolute Gasteiger partial charge is 0.0435 e. The molecule has 1 aliphatic carbocycles. The molecule has 1 saturated carbocycles. The number of halogens is 1. The number of aryl methyl sites for hydroxylation is 1. The predicted octanol–water partition coefficient (Wildman–Crippen LogP) is 5.27. The first-order valence-electron chi connectivity index (χ1n) is 7.71. The Hall–Kier alpha value is -0.530. The second kappa shape index (κ2) is 7.31. The lowest BCUT2D eigenvalue weighted by atomic mass is 9.81. The molecule has 1 aliphatic rings. The van der Waals surface area contributed by atoms with Crippen molar-refractivity contribution in [3.63, 3.8) is 0 Å². The van der Waals surface area contributed by atoms with Gasteiger partial charge in [0.25, 0.3) is 0 Å². The highest BCUT2D eigenvalue weighted by Crippen LogP contribution is 2.35. The third-order valence-corrected chi connectivity index (χ3v) is 4.70. The molecule has 1 atom stereocenters. The fourth-order valence-electron chi connectivity index (χ4n) is 3.19. The maximum Gasteiger partial charge on any atom is 0.0435 e. The molecule has 2 heteroatoms. The van der Waals surface area contributed by atoms with Crippen molar-refractivity contribution in [2.24, 2.45) is 5.92 Å². The highest BCUT2D eigenvalue weighted by molar-refractivity contribution is 6.31. The van der Waals surface area contributed by atoms with Crippen molar-refractivity contribution >= 4 is 11.6 Å². The summed E-state index contributed by atoms with van der Waals surface area (Å²) in [6.07, 6.45) is 8.11. The molecule has 2 rings (SSSR count). The molecule has 0 saturated heterocycles. The van der Waals surface area contributed by atoms with E-state index in [9.17, 15) is 0 Å². The van der Waals surface area contributed by atoms with E-state index in [2.05, 4.69) is 37.4 Å². The largest absolute Gasteiger partial charge is 0.310 e. The van der Waals surface area contributed by atoms with E-state index in [0.29, 0.717) is 6.04 Å². The molecular formula is C17H26ClN. The van der Waals surface area contributed by atoms with Gasteiger partial charge in [-0.15, -0.1) is 0 Å². The quantitative estimate of drug-likeness (QED) is 0.774. The van der Waals surface area contributed by atoms with Crippen LogP contribution in [-0.2, 0) is 0 Å². The molecule has 1 fully saturated rings. The minimum absolute atomic E-state index is 0.510. The summed E-state index contributed by atoms with van der Waals surface area (Å²) in [6.45, 7) is 5.43. The SMILES string of the molecule is CCCNC(c1ccc(Cl)c(C)c1)C1CCCCC1. The Labute approximate surface area is 122 Å². The van der Waals surface area contributed by atoms with Crippen LogP contribution >= 0.6 is 11.6 Å². The zero-order valence-corrected chi connectivity index (χ0v) is 13.0. The standard InChI is InChI=1S/C17H26ClN/c1-3-11-19-17(14-7-5-4-6-8-14)15-9-10-16(18)13(2)12-15/h9-10,12,14,17,19H,3-8,11H2,1-2H3. The van der Waals surface area contributed by atoms with Gasteiger partial charge in [-0.3, -0.25) is 0 Å². The Bertz CT molecular complexity index is 396. The van der Waals surface area contributed by atoms with Crippen molar-refractivity contribution < 1.29 is 0 Å². The summed E-state index contributed by atoms with van der Waals surface area (Å²) >= 11 is 6.16. The van der Waals surface area contributed by atoms with Crippen molar-refractivity contribution in [2.75, 3.05) is 6.54 Å². The van der Waals surface area contributed by atoms with E-state index >= 15 is 0 Å². The van der Waals surface area contributed by atoms with Crippen molar-refractivity contribution in [1.29, 1.82) is 0 Å². The van der Waals surface area contributed by atoms with E-state index in [1.54, 1.807) is 0 Å². The molecule has 0 radical (unpaired) electrons. The summed E-state index contributed by atoms with van der Waals surface area (Å²) in [5, 5.41) is 4.64. The Morgan fingerprint density at radius 2 is 2.00 bits per heavy atom. The Morgan fingerprint density at radius 1 is 1.26 bits per heavy atom. The van der Waals surface area contributed by atoms with Crippen molar-refractivity contribution in [2.45, 2.75) is 58.4 Å². The lowest BCUT2D eigenvalue weighted by Crippen LogP contribution is -2.30. The number of benzene rings is 1. The zero-order chi connectivity index (χ0) is 13.7. The van der Waals surface area contributed by atoms with Gasteiger partial charge >= 0.3 is 0 Å². The van der Waals surface area contributed by atoms with Crippen LogP contribution < -0.4 is 5.32 Å².